The van der Waals surface area contributed by atoms with Gasteiger partial charge in [0.05, 0.1) is 5.02 Å². The number of hydrogen-bond donors (Lipinski definition) is 1. The molecule has 0 fully saturated rings. The SMILES string of the molecule is O=C(Cn1nc(C(F)F)c(Cl)c1C(F)F)Nc1ccc(Br)cn1. The number of hydrogen-bond acceptors (Lipinski definition) is 3. The summed E-state index contributed by atoms with van der Waals surface area (Å²) in [7, 11) is 0. The number of pyridine rings is 1. The van der Waals surface area contributed by atoms with Gasteiger partial charge in [-0.25, -0.2) is 22.5 Å². The van der Waals surface area contributed by atoms with E-state index >= 15 is 0 Å². The molecule has 0 aromatic carbocycles. The Bertz CT molecular complexity index is 708. The number of amides is 1. The number of nitrogens with one attached hydrogen (secondary N) is 1. The van der Waals surface area contributed by atoms with Gasteiger partial charge in [0.15, 0.2) is 0 Å². The first-order valence-corrected chi connectivity index (χ1v) is 7.20. The topological polar surface area (TPSA) is 59.8 Å². The van der Waals surface area contributed by atoms with Crippen LogP contribution in [0.3, 0.4) is 0 Å². The van der Waals surface area contributed by atoms with Crippen molar-refractivity contribution in [3.8, 4) is 0 Å². The van der Waals surface area contributed by atoms with Gasteiger partial charge in [0.25, 0.3) is 12.9 Å². The highest BCUT2D eigenvalue weighted by molar-refractivity contribution is 9.10. The van der Waals surface area contributed by atoms with Crippen LogP contribution in [-0.2, 0) is 11.3 Å². The number of aromatic nitrogens is 3. The van der Waals surface area contributed by atoms with Crippen molar-refractivity contribution in [1.29, 1.82) is 0 Å². The van der Waals surface area contributed by atoms with Crippen molar-refractivity contribution < 1.29 is 22.4 Å². The zero-order valence-electron chi connectivity index (χ0n) is 11.1. The summed E-state index contributed by atoms with van der Waals surface area (Å²) in [6, 6.07) is 3.07. The summed E-state index contributed by atoms with van der Waals surface area (Å²) >= 11 is 8.64. The van der Waals surface area contributed by atoms with E-state index in [1.807, 2.05) is 0 Å². The third-order valence-electron chi connectivity index (χ3n) is 2.66. The summed E-state index contributed by atoms with van der Waals surface area (Å²) < 4.78 is 52.4. The predicted octanol–water partition coefficient (Wildman–Crippen LogP) is 4.21. The van der Waals surface area contributed by atoms with Crippen LogP contribution in [0.2, 0.25) is 5.02 Å². The fraction of sp³-hybridized carbons (Fsp3) is 0.250. The Kier molecular flexibility index (Phi) is 5.58. The molecule has 1 N–H and O–H groups in total. The fourth-order valence-corrected chi connectivity index (χ4v) is 2.24. The lowest BCUT2D eigenvalue weighted by Crippen LogP contribution is -2.21. The first-order valence-electron chi connectivity index (χ1n) is 6.03. The molecule has 0 saturated carbocycles. The number of alkyl halides is 4. The Balaban J connectivity index is 2.20. The minimum absolute atomic E-state index is 0.170. The van der Waals surface area contributed by atoms with Crippen molar-refractivity contribution >= 4 is 39.3 Å². The molecule has 0 aliphatic carbocycles. The highest BCUT2D eigenvalue weighted by atomic mass is 79.9. The van der Waals surface area contributed by atoms with Gasteiger partial charge >= 0.3 is 0 Å². The number of nitrogens with zero attached hydrogens (tertiary/aromatic N) is 3. The third kappa shape index (κ3) is 4.20. The third-order valence-corrected chi connectivity index (χ3v) is 3.51. The lowest BCUT2D eigenvalue weighted by Gasteiger charge is -2.07. The Morgan fingerprint density at radius 2 is 2.00 bits per heavy atom. The lowest BCUT2D eigenvalue weighted by atomic mass is 10.3. The summed E-state index contributed by atoms with van der Waals surface area (Å²) in [6.07, 6.45) is -4.86. The molecule has 124 valence electrons. The highest BCUT2D eigenvalue weighted by Gasteiger charge is 2.28. The van der Waals surface area contributed by atoms with E-state index in [0.29, 0.717) is 9.15 Å². The minimum atomic E-state index is -3.15. The average Bonchev–Trinajstić information content (AvgIpc) is 2.78. The molecule has 0 unspecified atom stereocenters. The molecule has 2 aromatic heterocycles. The van der Waals surface area contributed by atoms with Gasteiger partial charge in [-0.2, -0.15) is 5.10 Å². The second kappa shape index (κ2) is 7.26. The molecular weight excluding hydrogens is 408 g/mol. The van der Waals surface area contributed by atoms with Crippen LogP contribution in [0.5, 0.6) is 0 Å². The van der Waals surface area contributed by atoms with Gasteiger partial charge in [-0.15, -0.1) is 0 Å². The lowest BCUT2D eigenvalue weighted by molar-refractivity contribution is -0.117. The summed E-state index contributed by atoms with van der Waals surface area (Å²) in [5.41, 5.74) is -1.92. The summed E-state index contributed by atoms with van der Waals surface area (Å²) in [6.45, 7) is -0.705. The standard InChI is InChI=1S/C12H8BrClF4N4O/c13-5-1-2-6(19-3-5)20-7(23)4-22-10(12(17)18)8(14)9(21-22)11(15)16/h1-3,11-12H,4H2,(H,19,20,23). The number of rotatable bonds is 5. The second-order valence-corrected chi connectivity index (χ2v) is 5.55. The maximum Gasteiger partial charge on any atom is 0.283 e. The summed E-state index contributed by atoms with van der Waals surface area (Å²) in [5.74, 6) is -0.592. The molecule has 0 bridgehead atoms. The quantitative estimate of drug-likeness (QED) is 0.744. The predicted molar refractivity (Wildman–Crippen MR) is 77.7 cm³/mol. The molecule has 0 aliphatic rings. The van der Waals surface area contributed by atoms with Crippen molar-refractivity contribution in [2.75, 3.05) is 5.32 Å². The van der Waals surface area contributed by atoms with Crippen LogP contribution in [0, 0.1) is 0 Å². The normalized spacial score (nSPS) is 11.3. The molecule has 0 atom stereocenters. The molecule has 0 saturated heterocycles. The van der Waals surface area contributed by atoms with Gasteiger partial charge in [0.2, 0.25) is 5.91 Å². The van der Waals surface area contributed by atoms with Crippen LogP contribution >= 0.6 is 27.5 Å². The van der Waals surface area contributed by atoms with Crippen LogP contribution in [0.25, 0.3) is 0 Å². The number of carbonyl (C=O) groups excluding carboxylic acids is 1. The van der Waals surface area contributed by atoms with E-state index in [1.165, 1.54) is 12.3 Å². The Hall–Kier alpha value is -1.68. The van der Waals surface area contributed by atoms with E-state index in [4.69, 9.17) is 11.6 Å². The van der Waals surface area contributed by atoms with Crippen molar-refractivity contribution in [1.82, 2.24) is 14.8 Å². The van der Waals surface area contributed by atoms with E-state index in [1.54, 1.807) is 6.07 Å². The van der Waals surface area contributed by atoms with Crippen molar-refractivity contribution in [3.63, 3.8) is 0 Å². The molecule has 0 aliphatic heterocycles. The van der Waals surface area contributed by atoms with E-state index in [0.717, 1.165) is 0 Å². The zero-order valence-corrected chi connectivity index (χ0v) is 13.5. The minimum Gasteiger partial charge on any atom is -0.309 e. The van der Waals surface area contributed by atoms with Gasteiger partial charge < -0.3 is 5.32 Å². The van der Waals surface area contributed by atoms with Gasteiger partial charge in [0.1, 0.15) is 23.8 Å². The molecule has 23 heavy (non-hydrogen) atoms. The van der Waals surface area contributed by atoms with Gasteiger partial charge in [-0.3, -0.25) is 9.48 Å². The molecule has 0 radical (unpaired) electrons. The fourth-order valence-electron chi connectivity index (χ4n) is 1.71. The maximum absolute atomic E-state index is 12.9. The van der Waals surface area contributed by atoms with Crippen molar-refractivity contribution in [3.05, 3.63) is 39.2 Å². The molecule has 5 nitrogen and oxygen atoms in total. The molecule has 0 spiro atoms. The van der Waals surface area contributed by atoms with Crippen LogP contribution in [0.1, 0.15) is 24.2 Å². The first-order chi connectivity index (χ1) is 10.8. The monoisotopic (exact) mass is 414 g/mol. The maximum atomic E-state index is 12.9. The Morgan fingerprint density at radius 1 is 1.30 bits per heavy atom. The van der Waals surface area contributed by atoms with E-state index in [2.05, 4.69) is 31.3 Å². The van der Waals surface area contributed by atoms with Gasteiger partial charge in [-0.05, 0) is 28.1 Å². The Morgan fingerprint density at radius 3 is 2.52 bits per heavy atom. The van der Waals surface area contributed by atoms with E-state index in [-0.39, 0.29) is 5.82 Å². The first kappa shape index (κ1) is 17.7. The number of halogens is 6. The van der Waals surface area contributed by atoms with Crippen molar-refractivity contribution in [2.24, 2.45) is 0 Å². The molecular formula is C12H8BrClF4N4O. The second-order valence-electron chi connectivity index (χ2n) is 4.25. The molecule has 1 amide bonds. The average molecular weight is 416 g/mol. The molecule has 2 aromatic rings. The van der Waals surface area contributed by atoms with Crippen LogP contribution in [0.15, 0.2) is 22.8 Å². The molecule has 11 heteroatoms. The highest BCUT2D eigenvalue weighted by Crippen LogP contribution is 2.34. The number of anilines is 1. The molecule has 2 heterocycles. The largest absolute Gasteiger partial charge is 0.309 e. The van der Waals surface area contributed by atoms with Crippen LogP contribution in [0.4, 0.5) is 23.4 Å². The van der Waals surface area contributed by atoms with E-state index < -0.39 is 41.7 Å². The van der Waals surface area contributed by atoms with E-state index in [9.17, 15) is 22.4 Å². The Labute approximate surface area is 140 Å². The van der Waals surface area contributed by atoms with Crippen LogP contribution in [-0.4, -0.2) is 20.7 Å². The van der Waals surface area contributed by atoms with Crippen molar-refractivity contribution in [2.45, 2.75) is 19.4 Å². The summed E-state index contributed by atoms with van der Waals surface area (Å²) in [5, 5.41) is 4.78. The van der Waals surface area contributed by atoms with Gasteiger partial charge in [-0.1, -0.05) is 11.6 Å². The smallest absolute Gasteiger partial charge is 0.283 e. The van der Waals surface area contributed by atoms with Crippen LogP contribution < -0.4 is 5.32 Å². The molecule has 2 rings (SSSR count). The number of carbonyl (C=O) groups is 1. The summed E-state index contributed by atoms with van der Waals surface area (Å²) in [4.78, 5) is 15.7. The van der Waals surface area contributed by atoms with Gasteiger partial charge in [0, 0.05) is 10.7 Å². The zero-order chi connectivity index (χ0) is 17.1.